The number of hydrogen-bond donors (Lipinski definition) is 0. The lowest BCUT2D eigenvalue weighted by Crippen LogP contribution is -2.45. The molecule has 0 spiro atoms. The topological polar surface area (TPSA) is 81.6 Å². The Hall–Kier alpha value is -2.65. The van der Waals surface area contributed by atoms with Crippen molar-refractivity contribution in [3.05, 3.63) is 82.6 Å². The van der Waals surface area contributed by atoms with Crippen molar-refractivity contribution in [3.63, 3.8) is 0 Å². The van der Waals surface area contributed by atoms with E-state index in [4.69, 9.17) is 26.1 Å². The van der Waals surface area contributed by atoms with Gasteiger partial charge in [0.25, 0.3) is 0 Å². The summed E-state index contributed by atoms with van der Waals surface area (Å²) in [6, 6.07) is 16.8. The highest BCUT2D eigenvalue weighted by molar-refractivity contribution is 7.84. The van der Waals surface area contributed by atoms with Gasteiger partial charge in [-0.15, -0.1) is 0 Å². The molecule has 0 N–H and O–H groups in total. The molecule has 0 fully saturated rings. The van der Waals surface area contributed by atoms with Crippen LogP contribution in [0.3, 0.4) is 0 Å². The monoisotopic (exact) mass is 527 g/mol. The van der Waals surface area contributed by atoms with Crippen LogP contribution in [0.25, 0.3) is 0 Å². The zero-order chi connectivity index (χ0) is 25.5. The molecule has 0 aliphatic carbocycles. The molecule has 1 aromatic heterocycles. The van der Waals surface area contributed by atoms with Crippen molar-refractivity contribution in [2.75, 3.05) is 31.3 Å². The second-order valence-electron chi connectivity index (χ2n) is 8.47. The highest BCUT2D eigenvalue weighted by Gasteiger charge is 2.41. The minimum atomic E-state index is -1.46. The summed E-state index contributed by atoms with van der Waals surface area (Å²) in [5, 5.41) is 0.703. The Morgan fingerprint density at radius 3 is 2.39 bits per heavy atom. The van der Waals surface area contributed by atoms with Crippen LogP contribution in [0.15, 0.2) is 66.0 Å². The van der Waals surface area contributed by atoms with Crippen molar-refractivity contribution >= 4 is 34.0 Å². The van der Waals surface area contributed by atoms with Crippen LogP contribution in [0, 0.1) is 5.92 Å². The van der Waals surface area contributed by atoms with Gasteiger partial charge in [0.2, 0.25) is 11.1 Å². The number of nitrogens with zero attached hydrogens (tertiary/aromatic N) is 3. The number of fused-ring (bicyclic) bond motifs is 1. The van der Waals surface area contributed by atoms with E-state index in [0.717, 1.165) is 11.1 Å². The minimum absolute atomic E-state index is 0.140. The maximum atomic E-state index is 14.0. The average molecular weight is 528 g/mol. The molecular weight excluding hydrogens is 498 g/mol. The van der Waals surface area contributed by atoms with Gasteiger partial charge in [0.1, 0.15) is 0 Å². The smallest absolute Gasteiger partial charge is 0.236 e. The van der Waals surface area contributed by atoms with Gasteiger partial charge in [0, 0.05) is 30.9 Å². The SMILES string of the molecule is CCOCC(COCC)C1C(=O)N(c2ccccc2Cl)Cc2cnc(S(=O)Cc3ccccc3)nc21. The van der Waals surface area contributed by atoms with E-state index in [1.165, 1.54) is 0 Å². The number of carbonyl (C=O) groups is 1. The van der Waals surface area contributed by atoms with E-state index in [1.54, 1.807) is 17.2 Å². The van der Waals surface area contributed by atoms with Crippen molar-refractivity contribution in [2.45, 2.75) is 37.2 Å². The van der Waals surface area contributed by atoms with E-state index in [-0.39, 0.29) is 23.5 Å². The molecule has 1 aliphatic rings. The molecule has 2 unspecified atom stereocenters. The highest BCUT2D eigenvalue weighted by Crippen LogP contribution is 2.38. The third-order valence-electron chi connectivity index (χ3n) is 6.06. The summed E-state index contributed by atoms with van der Waals surface area (Å²) < 4.78 is 24.7. The number of halogens is 1. The van der Waals surface area contributed by atoms with Gasteiger partial charge in [-0.25, -0.2) is 9.97 Å². The summed E-state index contributed by atoms with van der Waals surface area (Å²) in [5.41, 5.74) is 2.93. The van der Waals surface area contributed by atoms with Gasteiger partial charge in [-0.3, -0.25) is 9.00 Å². The van der Waals surface area contributed by atoms with Crippen molar-refractivity contribution in [3.8, 4) is 0 Å². The Kier molecular flexibility index (Phi) is 9.20. The van der Waals surface area contributed by atoms with E-state index < -0.39 is 16.7 Å². The fourth-order valence-corrected chi connectivity index (χ4v) is 5.54. The van der Waals surface area contributed by atoms with Crippen LogP contribution < -0.4 is 4.90 Å². The fraction of sp³-hybridized carbons (Fsp3) is 0.370. The van der Waals surface area contributed by atoms with Crippen molar-refractivity contribution in [1.29, 1.82) is 0 Å². The molecule has 2 aromatic carbocycles. The Morgan fingerprint density at radius 1 is 1.06 bits per heavy atom. The highest BCUT2D eigenvalue weighted by atomic mass is 35.5. The van der Waals surface area contributed by atoms with E-state index >= 15 is 0 Å². The van der Waals surface area contributed by atoms with Crippen LogP contribution in [0.5, 0.6) is 0 Å². The van der Waals surface area contributed by atoms with Crippen molar-refractivity contribution in [1.82, 2.24) is 9.97 Å². The first-order valence-corrected chi connectivity index (χ1v) is 13.7. The molecule has 7 nitrogen and oxygen atoms in total. The van der Waals surface area contributed by atoms with Crippen molar-refractivity contribution in [2.24, 2.45) is 5.92 Å². The second kappa shape index (κ2) is 12.5. The molecule has 1 aliphatic heterocycles. The molecule has 9 heteroatoms. The molecule has 4 rings (SSSR count). The second-order valence-corrected chi connectivity index (χ2v) is 10.2. The quantitative estimate of drug-likeness (QED) is 0.334. The number of aromatic nitrogens is 2. The van der Waals surface area contributed by atoms with Crippen LogP contribution >= 0.6 is 11.6 Å². The Bertz CT molecular complexity index is 1200. The summed E-state index contributed by atoms with van der Waals surface area (Å²) in [6.07, 6.45) is 1.68. The van der Waals surface area contributed by atoms with Gasteiger partial charge in [0.15, 0.2) is 0 Å². The molecular formula is C27H30ClN3O4S. The number of rotatable bonds is 11. The molecule has 190 valence electrons. The molecule has 0 saturated heterocycles. The van der Waals surface area contributed by atoms with Crippen LogP contribution in [-0.4, -0.2) is 46.5 Å². The fourth-order valence-electron chi connectivity index (χ4n) is 4.31. The Morgan fingerprint density at radius 2 is 1.72 bits per heavy atom. The van der Waals surface area contributed by atoms with E-state index in [0.29, 0.717) is 48.6 Å². The van der Waals surface area contributed by atoms with E-state index in [9.17, 15) is 9.00 Å². The van der Waals surface area contributed by atoms with Crippen LogP contribution in [0.4, 0.5) is 5.69 Å². The number of anilines is 1. The van der Waals surface area contributed by atoms with Gasteiger partial charge >= 0.3 is 0 Å². The number of carbonyl (C=O) groups excluding carboxylic acids is 1. The molecule has 2 atom stereocenters. The lowest BCUT2D eigenvalue weighted by atomic mass is 9.84. The van der Waals surface area contributed by atoms with Gasteiger partial charge in [-0.2, -0.15) is 0 Å². The molecule has 1 amide bonds. The molecule has 0 bridgehead atoms. The summed E-state index contributed by atoms with van der Waals surface area (Å²) >= 11 is 6.47. The standard InChI is InChI=1S/C27H30ClN3O4S/c1-3-34-16-21(17-35-4-2)24-25-20(15-31(26(24)32)23-13-9-8-12-22(23)28)14-29-27(30-25)36(33)18-19-10-6-5-7-11-19/h5-14,21,24H,3-4,15-18H2,1-2H3. The molecule has 3 aromatic rings. The molecule has 0 radical (unpaired) electrons. The maximum Gasteiger partial charge on any atom is 0.236 e. The van der Waals surface area contributed by atoms with E-state index in [2.05, 4.69) is 4.98 Å². The molecule has 36 heavy (non-hydrogen) atoms. The number of hydrogen-bond acceptors (Lipinski definition) is 6. The van der Waals surface area contributed by atoms with E-state index in [1.807, 2.05) is 62.4 Å². The van der Waals surface area contributed by atoms with Gasteiger partial charge in [-0.05, 0) is 31.5 Å². The third kappa shape index (κ3) is 6.00. The Balaban J connectivity index is 1.74. The van der Waals surface area contributed by atoms with Crippen LogP contribution in [0.1, 0.15) is 36.6 Å². The predicted molar refractivity (Wildman–Crippen MR) is 140 cm³/mol. The van der Waals surface area contributed by atoms with Gasteiger partial charge < -0.3 is 14.4 Å². The van der Waals surface area contributed by atoms with Crippen LogP contribution in [0.2, 0.25) is 5.02 Å². The minimum Gasteiger partial charge on any atom is -0.381 e. The number of ether oxygens (including phenoxy) is 2. The zero-order valence-corrected chi connectivity index (χ0v) is 22.0. The first kappa shape index (κ1) is 26.4. The summed E-state index contributed by atoms with van der Waals surface area (Å²) in [5.74, 6) is -0.783. The maximum absolute atomic E-state index is 14.0. The Labute approximate surface area is 219 Å². The molecule has 2 heterocycles. The summed E-state index contributed by atoms with van der Waals surface area (Å²) in [7, 11) is -1.46. The zero-order valence-electron chi connectivity index (χ0n) is 20.4. The number of benzene rings is 2. The van der Waals surface area contributed by atoms with Gasteiger partial charge in [-0.1, -0.05) is 54.1 Å². The largest absolute Gasteiger partial charge is 0.381 e. The summed E-state index contributed by atoms with van der Waals surface area (Å²) in [4.78, 5) is 24.8. The third-order valence-corrected chi connectivity index (χ3v) is 7.58. The first-order chi connectivity index (χ1) is 17.5. The normalized spacial score (nSPS) is 16.3. The van der Waals surface area contributed by atoms with Crippen LogP contribution in [-0.2, 0) is 37.4 Å². The van der Waals surface area contributed by atoms with Gasteiger partial charge in [0.05, 0.1) is 58.6 Å². The first-order valence-electron chi connectivity index (χ1n) is 12.0. The average Bonchev–Trinajstić information content (AvgIpc) is 2.90. The number of para-hydroxylation sites is 1. The predicted octanol–water partition coefficient (Wildman–Crippen LogP) is 4.76. The lowest BCUT2D eigenvalue weighted by molar-refractivity contribution is -0.123. The molecule has 0 saturated carbocycles. The summed E-state index contributed by atoms with van der Waals surface area (Å²) in [6.45, 7) is 5.79. The van der Waals surface area contributed by atoms with Crippen molar-refractivity contribution < 1.29 is 18.5 Å². The number of amides is 1. The lowest BCUT2D eigenvalue weighted by Gasteiger charge is -2.37.